The van der Waals surface area contributed by atoms with E-state index in [0.29, 0.717) is 29.3 Å². The van der Waals surface area contributed by atoms with Crippen molar-refractivity contribution >= 4 is 11.8 Å². The van der Waals surface area contributed by atoms with E-state index in [2.05, 4.69) is 4.98 Å². The molecule has 1 aromatic heterocycles. The molecule has 2 aliphatic rings. The maximum absolute atomic E-state index is 12.9. The quantitative estimate of drug-likeness (QED) is 0.778. The van der Waals surface area contributed by atoms with Crippen LogP contribution in [0.15, 0.2) is 36.5 Å². The number of methoxy groups -OCH3 is 1. The van der Waals surface area contributed by atoms with Crippen molar-refractivity contribution in [3.8, 4) is 11.5 Å². The summed E-state index contributed by atoms with van der Waals surface area (Å²) in [5, 5.41) is 0. The molecule has 2 amide bonds. The van der Waals surface area contributed by atoms with E-state index in [1.54, 1.807) is 30.3 Å². The van der Waals surface area contributed by atoms with Gasteiger partial charge in [0.15, 0.2) is 11.5 Å². The molecule has 1 atom stereocenters. The summed E-state index contributed by atoms with van der Waals surface area (Å²) < 4.78 is 11.6. The number of nitrogens with zero attached hydrogens (tertiary/aromatic N) is 2. The van der Waals surface area contributed by atoms with E-state index in [9.17, 15) is 9.59 Å². The average molecular weight is 395 g/mol. The number of fused-ring (bicyclic) bond motifs is 1. The molecule has 4 rings (SSSR count). The third kappa shape index (κ3) is 3.90. The van der Waals surface area contributed by atoms with Gasteiger partial charge in [0.1, 0.15) is 0 Å². The molecule has 1 saturated carbocycles. The first-order valence-corrected chi connectivity index (χ1v) is 9.94. The largest absolute Gasteiger partial charge is 0.493 e. The molecule has 152 valence electrons. The Hall–Kier alpha value is -3.09. The van der Waals surface area contributed by atoms with Crippen molar-refractivity contribution in [1.29, 1.82) is 0 Å². The van der Waals surface area contributed by atoms with Gasteiger partial charge in [0.25, 0.3) is 5.91 Å². The number of amides is 2. The lowest BCUT2D eigenvalue weighted by Gasteiger charge is -2.28. The fraction of sp³-hybridized carbons (Fsp3) is 0.409. The molecule has 2 N–H and O–H groups in total. The number of aromatic nitrogens is 1. The second kappa shape index (κ2) is 8.11. The van der Waals surface area contributed by atoms with Crippen molar-refractivity contribution in [3.63, 3.8) is 0 Å². The molecule has 1 aliphatic carbocycles. The van der Waals surface area contributed by atoms with Gasteiger partial charge in [-0.15, -0.1) is 0 Å². The van der Waals surface area contributed by atoms with Crippen LogP contribution in [0.1, 0.15) is 59.8 Å². The molecule has 2 aromatic rings. The lowest BCUT2D eigenvalue weighted by molar-refractivity contribution is -0.119. The van der Waals surface area contributed by atoms with E-state index in [4.69, 9.17) is 15.2 Å². The van der Waals surface area contributed by atoms with Crippen LogP contribution in [-0.4, -0.2) is 34.9 Å². The molecule has 1 aliphatic heterocycles. The van der Waals surface area contributed by atoms with E-state index in [1.807, 2.05) is 18.2 Å². The summed E-state index contributed by atoms with van der Waals surface area (Å²) in [4.78, 5) is 30.7. The predicted octanol–water partition coefficient (Wildman–Crippen LogP) is 2.98. The van der Waals surface area contributed by atoms with Gasteiger partial charge in [0.2, 0.25) is 5.91 Å². The van der Waals surface area contributed by atoms with Gasteiger partial charge in [-0.25, -0.2) is 0 Å². The third-order valence-electron chi connectivity index (χ3n) is 5.64. The number of hydrogen-bond donors (Lipinski definition) is 1. The molecule has 0 radical (unpaired) electrons. The number of primary amides is 1. The van der Waals surface area contributed by atoms with Crippen molar-refractivity contribution in [3.05, 3.63) is 53.3 Å². The first-order valence-electron chi connectivity index (χ1n) is 9.94. The van der Waals surface area contributed by atoms with Gasteiger partial charge in [0.05, 0.1) is 43.5 Å². The van der Waals surface area contributed by atoms with E-state index in [0.717, 1.165) is 18.4 Å². The van der Waals surface area contributed by atoms with Gasteiger partial charge < -0.3 is 20.1 Å². The normalized spacial score (nSPS) is 17.3. The summed E-state index contributed by atoms with van der Waals surface area (Å²) in [7, 11) is 1.59. The summed E-state index contributed by atoms with van der Waals surface area (Å²) >= 11 is 0. The van der Waals surface area contributed by atoms with Crippen LogP contribution in [0.2, 0.25) is 0 Å². The summed E-state index contributed by atoms with van der Waals surface area (Å²) in [6, 6.07) is 8.56. The molecular weight excluding hydrogens is 370 g/mol. The number of rotatable bonds is 7. The number of pyridine rings is 1. The molecule has 7 heteroatoms. The van der Waals surface area contributed by atoms with Crippen LogP contribution >= 0.6 is 0 Å². The minimum Gasteiger partial charge on any atom is -0.493 e. The second-order valence-electron chi connectivity index (χ2n) is 7.55. The lowest BCUT2D eigenvalue weighted by atomic mass is 10.0. The molecule has 1 aromatic carbocycles. The highest BCUT2D eigenvalue weighted by molar-refractivity contribution is 5.98. The number of ether oxygens (including phenoxy) is 2. The number of hydrogen-bond acceptors (Lipinski definition) is 5. The summed E-state index contributed by atoms with van der Waals surface area (Å²) in [6.07, 6.45) is 6.33. The smallest absolute Gasteiger partial charge is 0.256 e. The predicted molar refractivity (Wildman–Crippen MR) is 107 cm³/mol. The first-order chi connectivity index (χ1) is 14.1. The molecule has 2 heterocycles. The minimum atomic E-state index is -0.497. The third-order valence-corrected chi connectivity index (χ3v) is 5.64. The summed E-state index contributed by atoms with van der Waals surface area (Å²) in [5.41, 5.74) is 7.56. The Balaban J connectivity index is 1.63. The maximum Gasteiger partial charge on any atom is 0.256 e. The molecule has 1 fully saturated rings. The van der Waals surface area contributed by atoms with Crippen LogP contribution in [-0.2, 0) is 11.3 Å². The summed E-state index contributed by atoms with van der Waals surface area (Å²) in [5.74, 6) is 0.645. The highest BCUT2D eigenvalue weighted by atomic mass is 16.5. The molecule has 0 bridgehead atoms. The van der Waals surface area contributed by atoms with Gasteiger partial charge in [-0.3, -0.25) is 14.6 Å². The first kappa shape index (κ1) is 19.2. The van der Waals surface area contributed by atoms with Crippen molar-refractivity contribution in [2.24, 2.45) is 5.73 Å². The van der Waals surface area contributed by atoms with Gasteiger partial charge in [-0.05, 0) is 55.5 Å². The van der Waals surface area contributed by atoms with E-state index >= 15 is 0 Å². The van der Waals surface area contributed by atoms with Crippen molar-refractivity contribution in [2.75, 3.05) is 7.11 Å². The van der Waals surface area contributed by atoms with Crippen LogP contribution in [0.4, 0.5) is 0 Å². The number of nitrogens with two attached hydrogens (primary N) is 1. The second-order valence-corrected chi connectivity index (χ2v) is 7.55. The monoisotopic (exact) mass is 395 g/mol. The minimum absolute atomic E-state index is 0.0196. The molecule has 0 spiro atoms. The standard InChI is InChI=1S/C22H25N3O4/c1-28-20-11-14(8-9-19(20)29-15-5-2-3-6-15)18(12-21(23)26)25-13-17-16(22(25)27)7-4-10-24-17/h4,7-11,15,18H,2-3,5-6,12-13H2,1H3,(H2,23,26). The molecule has 0 saturated heterocycles. The number of benzene rings is 1. The Kier molecular flexibility index (Phi) is 5.38. The van der Waals surface area contributed by atoms with Gasteiger partial charge >= 0.3 is 0 Å². The fourth-order valence-electron chi connectivity index (χ4n) is 4.17. The highest BCUT2D eigenvalue weighted by Gasteiger charge is 2.35. The Labute approximate surface area is 169 Å². The molecule has 7 nitrogen and oxygen atoms in total. The van der Waals surface area contributed by atoms with Crippen molar-refractivity contribution < 1.29 is 19.1 Å². The van der Waals surface area contributed by atoms with Gasteiger partial charge in [-0.1, -0.05) is 6.07 Å². The van der Waals surface area contributed by atoms with Crippen molar-refractivity contribution in [2.45, 2.75) is 50.8 Å². The van der Waals surface area contributed by atoms with E-state index < -0.39 is 11.9 Å². The van der Waals surface area contributed by atoms with Gasteiger partial charge in [-0.2, -0.15) is 0 Å². The lowest BCUT2D eigenvalue weighted by Crippen LogP contribution is -2.32. The Morgan fingerprint density at radius 1 is 1.28 bits per heavy atom. The Morgan fingerprint density at radius 2 is 2.07 bits per heavy atom. The number of carbonyl (C=O) groups is 2. The zero-order chi connectivity index (χ0) is 20.4. The van der Waals surface area contributed by atoms with Crippen LogP contribution in [0.5, 0.6) is 11.5 Å². The Morgan fingerprint density at radius 3 is 2.76 bits per heavy atom. The van der Waals surface area contributed by atoms with Crippen LogP contribution in [0, 0.1) is 0 Å². The topological polar surface area (TPSA) is 94.8 Å². The SMILES string of the molecule is COc1cc(C(CC(N)=O)N2Cc3ncccc3C2=O)ccc1OC1CCCC1. The van der Waals surface area contributed by atoms with E-state index in [-0.39, 0.29) is 18.4 Å². The Bertz CT molecular complexity index is 924. The van der Waals surface area contributed by atoms with Crippen molar-refractivity contribution in [1.82, 2.24) is 9.88 Å². The molecule has 29 heavy (non-hydrogen) atoms. The fourth-order valence-corrected chi connectivity index (χ4v) is 4.17. The molecule has 1 unspecified atom stereocenters. The summed E-state index contributed by atoms with van der Waals surface area (Å²) in [6.45, 7) is 0.343. The molecular formula is C22H25N3O4. The average Bonchev–Trinajstić information content (AvgIpc) is 3.35. The zero-order valence-corrected chi connectivity index (χ0v) is 16.5. The number of carbonyl (C=O) groups excluding carboxylic acids is 2. The zero-order valence-electron chi connectivity index (χ0n) is 16.5. The van der Waals surface area contributed by atoms with Crippen LogP contribution in [0.3, 0.4) is 0 Å². The van der Waals surface area contributed by atoms with Crippen LogP contribution in [0.25, 0.3) is 0 Å². The van der Waals surface area contributed by atoms with Gasteiger partial charge in [0, 0.05) is 6.20 Å². The highest BCUT2D eigenvalue weighted by Crippen LogP contribution is 2.38. The van der Waals surface area contributed by atoms with E-state index in [1.165, 1.54) is 12.8 Å². The maximum atomic E-state index is 12.9. The van der Waals surface area contributed by atoms with Crippen LogP contribution < -0.4 is 15.2 Å².